The first kappa shape index (κ1) is 11.1. The summed E-state index contributed by atoms with van der Waals surface area (Å²) in [4.78, 5) is 24.5. The zero-order valence-electron chi connectivity index (χ0n) is 8.62. The lowest BCUT2D eigenvalue weighted by molar-refractivity contribution is 0.0591. The molecule has 0 saturated carbocycles. The van der Waals surface area contributed by atoms with Gasteiger partial charge in [0.1, 0.15) is 5.69 Å². The van der Waals surface area contributed by atoms with Crippen molar-refractivity contribution in [3.63, 3.8) is 0 Å². The molecule has 0 spiro atoms. The molecule has 1 aromatic rings. The number of carbonyl (C=O) groups is 2. The number of H-pyrrole nitrogens is 1. The Morgan fingerprint density at radius 2 is 1.80 bits per heavy atom. The highest BCUT2D eigenvalue weighted by Gasteiger charge is 2.24. The third-order valence-electron chi connectivity index (χ3n) is 1.85. The van der Waals surface area contributed by atoms with Crippen LogP contribution in [0.3, 0.4) is 0 Å². The summed E-state index contributed by atoms with van der Waals surface area (Å²) in [5, 5.41) is 0. The van der Waals surface area contributed by atoms with Crippen LogP contribution in [0.1, 0.15) is 21.0 Å². The number of hydrogen-bond acceptors (Lipinski definition) is 5. The van der Waals surface area contributed by atoms with Crippen LogP contribution in [0.15, 0.2) is 0 Å². The van der Waals surface area contributed by atoms with Gasteiger partial charge in [0.05, 0.1) is 21.3 Å². The Bertz CT molecular complexity index is 382. The normalized spacial score (nSPS) is 9.53. The highest BCUT2D eigenvalue weighted by Crippen LogP contribution is 2.34. The number of methoxy groups -OCH3 is 3. The fourth-order valence-corrected chi connectivity index (χ4v) is 1.21. The maximum absolute atomic E-state index is 11.3. The van der Waals surface area contributed by atoms with Crippen LogP contribution in [0.2, 0.25) is 0 Å². The second kappa shape index (κ2) is 4.50. The topological polar surface area (TPSA) is 77.6 Å². The van der Waals surface area contributed by atoms with Gasteiger partial charge in [0.2, 0.25) is 0 Å². The van der Waals surface area contributed by atoms with Gasteiger partial charge in [-0.2, -0.15) is 0 Å². The van der Waals surface area contributed by atoms with Crippen molar-refractivity contribution >= 4 is 12.3 Å². The van der Waals surface area contributed by atoms with E-state index in [2.05, 4.69) is 9.72 Å². The number of carbonyl (C=O) groups excluding carboxylic acids is 2. The average Bonchev–Trinajstić information content (AvgIpc) is 2.65. The summed E-state index contributed by atoms with van der Waals surface area (Å²) in [6.07, 6.45) is 0.536. The number of rotatable bonds is 4. The minimum absolute atomic E-state index is 0.0546. The van der Waals surface area contributed by atoms with Crippen LogP contribution in [0, 0.1) is 0 Å². The molecule has 0 atom stereocenters. The zero-order valence-corrected chi connectivity index (χ0v) is 8.62. The van der Waals surface area contributed by atoms with Crippen molar-refractivity contribution in [2.24, 2.45) is 0 Å². The van der Waals surface area contributed by atoms with Gasteiger partial charge in [0.25, 0.3) is 0 Å². The molecule has 0 unspecified atom stereocenters. The van der Waals surface area contributed by atoms with Gasteiger partial charge in [0, 0.05) is 0 Å². The number of aldehydes is 1. The lowest BCUT2D eigenvalue weighted by atomic mass is 10.3. The molecule has 0 aromatic carbocycles. The second-order valence-corrected chi connectivity index (χ2v) is 2.59. The van der Waals surface area contributed by atoms with Gasteiger partial charge >= 0.3 is 5.97 Å². The van der Waals surface area contributed by atoms with E-state index in [1.54, 1.807) is 0 Å². The van der Waals surface area contributed by atoms with Crippen molar-refractivity contribution in [3.8, 4) is 11.5 Å². The van der Waals surface area contributed by atoms with E-state index in [-0.39, 0.29) is 22.9 Å². The van der Waals surface area contributed by atoms with Gasteiger partial charge in [0.15, 0.2) is 23.5 Å². The molecule has 82 valence electrons. The van der Waals surface area contributed by atoms with Crippen LogP contribution >= 0.6 is 0 Å². The van der Waals surface area contributed by atoms with Gasteiger partial charge < -0.3 is 19.2 Å². The molecule has 0 amide bonds. The van der Waals surface area contributed by atoms with Crippen LogP contribution in [0.5, 0.6) is 11.5 Å². The summed E-state index contributed by atoms with van der Waals surface area (Å²) >= 11 is 0. The van der Waals surface area contributed by atoms with E-state index in [0.717, 1.165) is 0 Å². The highest BCUT2D eigenvalue weighted by atomic mass is 16.5. The van der Waals surface area contributed by atoms with Gasteiger partial charge in [-0.05, 0) is 0 Å². The summed E-state index contributed by atoms with van der Waals surface area (Å²) in [5.41, 5.74) is 0.189. The predicted molar refractivity (Wildman–Crippen MR) is 50.6 cm³/mol. The molecule has 0 aliphatic carbocycles. The Morgan fingerprint density at radius 3 is 2.20 bits per heavy atom. The van der Waals surface area contributed by atoms with E-state index in [0.29, 0.717) is 6.29 Å². The smallest absolute Gasteiger partial charge is 0.358 e. The molecule has 1 rings (SSSR count). The molecule has 0 fully saturated rings. The summed E-state index contributed by atoms with van der Waals surface area (Å²) in [6, 6.07) is 0. The van der Waals surface area contributed by atoms with Crippen LogP contribution in [0.4, 0.5) is 0 Å². The maximum Gasteiger partial charge on any atom is 0.358 e. The monoisotopic (exact) mass is 213 g/mol. The van der Waals surface area contributed by atoms with Gasteiger partial charge in [-0.25, -0.2) is 4.79 Å². The van der Waals surface area contributed by atoms with Crippen molar-refractivity contribution in [2.45, 2.75) is 0 Å². The zero-order chi connectivity index (χ0) is 11.4. The first-order chi connectivity index (χ1) is 7.19. The molecule has 15 heavy (non-hydrogen) atoms. The van der Waals surface area contributed by atoms with Crippen LogP contribution in [-0.4, -0.2) is 38.6 Å². The van der Waals surface area contributed by atoms with Crippen LogP contribution in [-0.2, 0) is 4.74 Å². The van der Waals surface area contributed by atoms with E-state index < -0.39 is 5.97 Å². The van der Waals surface area contributed by atoms with E-state index in [4.69, 9.17) is 9.47 Å². The number of esters is 1. The average molecular weight is 213 g/mol. The minimum atomic E-state index is -0.627. The number of hydrogen-bond donors (Lipinski definition) is 1. The molecule has 0 radical (unpaired) electrons. The molecule has 1 heterocycles. The molecule has 0 aliphatic heterocycles. The molecule has 1 N–H and O–H groups in total. The van der Waals surface area contributed by atoms with Gasteiger partial charge in [-0.1, -0.05) is 0 Å². The maximum atomic E-state index is 11.3. The van der Waals surface area contributed by atoms with E-state index in [9.17, 15) is 9.59 Å². The summed E-state index contributed by atoms with van der Waals surface area (Å²) in [5.74, 6) is -0.280. The van der Waals surface area contributed by atoms with E-state index in [1.165, 1.54) is 21.3 Å². The molecule has 6 nitrogen and oxygen atoms in total. The molecule has 0 bridgehead atoms. The first-order valence-corrected chi connectivity index (χ1v) is 4.07. The first-order valence-electron chi connectivity index (χ1n) is 4.07. The Labute approximate surface area is 86.1 Å². The van der Waals surface area contributed by atoms with Crippen molar-refractivity contribution in [2.75, 3.05) is 21.3 Å². The molecule has 0 saturated heterocycles. The van der Waals surface area contributed by atoms with Crippen molar-refractivity contribution < 1.29 is 23.8 Å². The molecule has 1 aromatic heterocycles. The third-order valence-corrected chi connectivity index (χ3v) is 1.85. The Kier molecular flexibility index (Phi) is 3.33. The largest absolute Gasteiger partial charge is 0.491 e. The van der Waals surface area contributed by atoms with Gasteiger partial charge in [-0.15, -0.1) is 0 Å². The fraction of sp³-hybridized carbons (Fsp3) is 0.333. The minimum Gasteiger partial charge on any atom is -0.491 e. The molecular weight excluding hydrogens is 202 g/mol. The van der Waals surface area contributed by atoms with Crippen molar-refractivity contribution in [1.82, 2.24) is 4.98 Å². The van der Waals surface area contributed by atoms with Crippen molar-refractivity contribution in [3.05, 3.63) is 11.4 Å². The van der Waals surface area contributed by atoms with Crippen LogP contribution in [0.25, 0.3) is 0 Å². The number of ether oxygens (including phenoxy) is 3. The SMILES string of the molecule is COC(=O)c1[nH]c(C=O)c(OC)c1OC. The quantitative estimate of drug-likeness (QED) is 0.586. The van der Waals surface area contributed by atoms with E-state index in [1.807, 2.05) is 0 Å². The van der Waals surface area contributed by atoms with Gasteiger partial charge in [-0.3, -0.25) is 4.79 Å². The lowest BCUT2D eigenvalue weighted by Crippen LogP contribution is -2.03. The van der Waals surface area contributed by atoms with Crippen molar-refractivity contribution in [1.29, 1.82) is 0 Å². The molecule has 0 aliphatic rings. The lowest BCUT2D eigenvalue weighted by Gasteiger charge is -2.03. The summed E-state index contributed by atoms with van der Waals surface area (Å²) < 4.78 is 14.4. The predicted octanol–water partition coefficient (Wildman–Crippen LogP) is 0.631. The third kappa shape index (κ3) is 1.78. The fourth-order valence-electron chi connectivity index (χ4n) is 1.21. The Balaban J connectivity index is 3.33. The second-order valence-electron chi connectivity index (χ2n) is 2.59. The number of aromatic nitrogens is 1. The number of nitrogens with one attached hydrogen (secondary N) is 1. The summed E-state index contributed by atoms with van der Waals surface area (Å²) in [7, 11) is 3.97. The van der Waals surface area contributed by atoms with E-state index >= 15 is 0 Å². The summed E-state index contributed by atoms with van der Waals surface area (Å²) in [6.45, 7) is 0. The Hall–Kier alpha value is -1.98. The number of aromatic amines is 1. The molecule has 6 heteroatoms. The highest BCUT2D eigenvalue weighted by molar-refractivity contribution is 5.95. The standard InChI is InChI=1S/C9H11NO5/c1-13-7-5(4-11)10-6(8(7)14-2)9(12)15-3/h4,10H,1-3H3. The van der Waals surface area contributed by atoms with Crippen LogP contribution < -0.4 is 9.47 Å². The Morgan fingerprint density at radius 1 is 1.20 bits per heavy atom. The molecular formula is C9H11NO5.